The van der Waals surface area contributed by atoms with E-state index in [2.05, 4.69) is 4.90 Å². The molecule has 0 aromatic heterocycles. The zero-order valence-corrected chi connectivity index (χ0v) is 15.8. The molecule has 1 aromatic rings. The topological polar surface area (TPSA) is 49.6 Å². The molecule has 0 spiro atoms. The van der Waals surface area contributed by atoms with Crippen LogP contribution in [0.3, 0.4) is 0 Å². The van der Waals surface area contributed by atoms with E-state index >= 15 is 0 Å². The van der Waals surface area contributed by atoms with Gasteiger partial charge in [-0.1, -0.05) is 31.0 Å². The Kier molecular flexibility index (Phi) is 7.93. The monoisotopic (exact) mass is 377 g/mol. The summed E-state index contributed by atoms with van der Waals surface area (Å²) in [6.45, 7) is 6.89. The van der Waals surface area contributed by atoms with E-state index in [9.17, 15) is 9.18 Å². The van der Waals surface area contributed by atoms with Crippen molar-refractivity contribution in [2.45, 2.75) is 38.8 Å². The highest BCUT2D eigenvalue weighted by Gasteiger charge is 2.33. The average Bonchev–Trinajstić information content (AvgIpc) is 2.51. The molecule has 136 valence electrons. The molecular weight excluding hydrogens is 352 g/mol. The third-order valence-electron chi connectivity index (χ3n) is 4.36. The molecule has 4 nitrogen and oxygen atoms in total. The molecule has 24 heavy (non-hydrogen) atoms. The summed E-state index contributed by atoms with van der Waals surface area (Å²) in [6.07, 6.45) is 1.56. The number of rotatable bonds is 5. The highest BCUT2D eigenvalue weighted by atomic mass is 35.5. The van der Waals surface area contributed by atoms with Gasteiger partial charge in [-0.15, -0.1) is 12.4 Å². The van der Waals surface area contributed by atoms with Crippen LogP contribution in [-0.4, -0.2) is 47.4 Å². The van der Waals surface area contributed by atoms with Crippen molar-refractivity contribution in [2.24, 2.45) is 5.73 Å². The maximum Gasteiger partial charge on any atom is 0.242 e. The van der Waals surface area contributed by atoms with Gasteiger partial charge in [-0.05, 0) is 25.5 Å². The number of carbonyl (C=O) groups is 1. The lowest BCUT2D eigenvalue weighted by Crippen LogP contribution is -2.58. The molecular formula is C17H26Cl2FN3O. The van der Waals surface area contributed by atoms with Crippen molar-refractivity contribution < 1.29 is 9.18 Å². The summed E-state index contributed by atoms with van der Waals surface area (Å²) in [4.78, 5) is 16.4. The fourth-order valence-corrected chi connectivity index (χ4v) is 3.23. The van der Waals surface area contributed by atoms with Gasteiger partial charge >= 0.3 is 0 Å². The van der Waals surface area contributed by atoms with Gasteiger partial charge in [-0.3, -0.25) is 9.69 Å². The highest BCUT2D eigenvalue weighted by Crippen LogP contribution is 2.22. The van der Waals surface area contributed by atoms with E-state index in [0.717, 1.165) is 6.42 Å². The van der Waals surface area contributed by atoms with Crippen LogP contribution >= 0.6 is 24.0 Å². The Morgan fingerprint density at radius 2 is 1.96 bits per heavy atom. The van der Waals surface area contributed by atoms with Crippen LogP contribution < -0.4 is 5.73 Å². The maximum absolute atomic E-state index is 13.9. The lowest BCUT2D eigenvalue weighted by Gasteiger charge is -2.38. The number of amides is 1. The van der Waals surface area contributed by atoms with Crippen LogP contribution in [-0.2, 0) is 11.3 Å². The standard InChI is InChI=1S/C17H25ClFN3O.ClH/c1-3-7-17(2,20)16(23)22-10-8-21(9-11-22)12-13-14(18)5-4-6-15(13)19;/h4-6H,3,7-12,20H2,1-2H3;1H. The van der Waals surface area contributed by atoms with Gasteiger partial charge in [0, 0.05) is 43.3 Å². The molecule has 1 amide bonds. The Morgan fingerprint density at radius 3 is 2.50 bits per heavy atom. The first-order chi connectivity index (χ1) is 10.8. The molecule has 0 radical (unpaired) electrons. The second-order valence-corrected chi connectivity index (χ2v) is 6.84. The summed E-state index contributed by atoms with van der Waals surface area (Å²) in [5.74, 6) is -0.281. The summed E-state index contributed by atoms with van der Waals surface area (Å²) in [7, 11) is 0. The molecule has 2 rings (SSSR count). The van der Waals surface area contributed by atoms with E-state index < -0.39 is 5.54 Å². The van der Waals surface area contributed by atoms with Crippen molar-refractivity contribution in [1.82, 2.24) is 9.80 Å². The van der Waals surface area contributed by atoms with Crippen molar-refractivity contribution in [3.63, 3.8) is 0 Å². The van der Waals surface area contributed by atoms with Crippen LogP contribution in [0.2, 0.25) is 5.02 Å². The van der Waals surface area contributed by atoms with Gasteiger partial charge in [0.15, 0.2) is 0 Å². The molecule has 2 N–H and O–H groups in total. The van der Waals surface area contributed by atoms with Crippen LogP contribution in [0.4, 0.5) is 4.39 Å². The number of nitrogens with two attached hydrogens (primary N) is 1. The summed E-state index contributed by atoms with van der Waals surface area (Å²) >= 11 is 6.07. The normalized spacial score (nSPS) is 18.0. The summed E-state index contributed by atoms with van der Waals surface area (Å²) < 4.78 is 13.9. The number of hydrogen-bond acceptors (Lipinski definition) is 3. The van der Waals surface area contributed by atoms with Gasteiger partial charge in [-0.25, -0.2) is 4.39 Å². The fourth-order valence-electron chi connectivity index (χ4n) is 3.00. The number of halogens is 3. The number of piperazine rings is 1. The number of hydrogen-bond donors (Lipinski definition) is 1. The Hall–Kier alpha value is -0.880. The molecule has 1 saturated heterocycles. The molecule has 1 aliphatic rings. The predicted octanol–water partition coefficient (Wildman–Crippen LogP) is 3.06. The zero-order chi connectivity index (χ0) is 17.0. The first kappa shape index (κ1) is 21.2. The minimum atomic E-state index is -0.800. The van der Waals surface area contributed by atoms with Gasteiger partial charge in [0.25, 0.3) is 0 Å². The summed E-state index contributed by atoms with van der Waals surface area (Å²) in [6, 6.07) is 4.73. The van der Waals surface area contributed by atoms with Crippen LogP contribution in [0.5, 0.6) is 0 Å². The lowest BCUT2D eigenvalue weighted by atomic mass is 9.95. The van der Waals surface area contributed by atoms with Crippen molar-refractivity contribution in [3.05, 3.63) is 34.6 Å². The third-order valence-corrected chi connectivity index (χ3v) is 4.71. The first-order valence-electron chi connectivity index (χ1n) is 8.08. The Morgan fingerprint density at radius 1 is 1.33 bits per heavy atom. The van der Waals surface area contributed by atoms with Crippen molar-refractivity contribution in [3.8, 4) is 0 Å². The van der Waals surface area contributed by atoms with Gasteiger partial charge in [-0.2, -0.15) is 0 Å². The summed E-state index contributed by atoms with van der Waals surface area (Å²) in [5.41, 5.74) is 5.85. The molecule has 1 aliphatic heterocycles. The van der Waals surface area contributed by atoms with Gasteiger partial charge in [0.1, 0.15) is 5.82 Å². The molecule has 1 aromatic carbocycles. The summed E-state index contributed by atoms with van der Waals surface area (Å²) in [5, 5.41) is 0.445. The Bertz CT molecular complexity index is 541. The van der Waals surface area contributed by atoms with Crippen molar-refractivity contribution >= 4 is 29.9 Å². The quantitative estimate of drug-likeness (QED) is 0.857. The van der Waals surface area contributed by atoms with E-state index in [1.165, 1.54) is 6.07 Å². The Labute approximate surface area is 154 Å². The van der Waals surface area contributed by atoms with E-state index in [1.807, 2.05) is 11.8 Å². The Balaban J connectivity index is 0.00000288. The molecule has 1 heterocycles. The number of nitrogens with zero attached hydrogens (tertiary/aromatic N) is 2. The minimum Gasteiger partial charge on any atom is -0.339 e. The highest BCUT2D eigenvalue weighted by molar-refractivity contribution is 6.31. The molecule has 0 saturated carbocycles. The molecule has 0 aliphatic carbocycles. The molecule has 1 fully saturated rings. The van der Waals surface area contributed by atoms with Crippen LogP contribution in [0.1, 0.15) is 32.3 Å². The minimum absolute atomic E-state index is 0. The maximum atomic E-state index is 13.9. The van der Waals surface area contributed by atoms with Crippen LogP contribution in [0, 0.1) is 5.82 Å². The molecule has 7 heteroatoms. The first-order valence-corrected chi connectivity index (χ1v) is 8.46. The molecule has 1 unspecified atom stereocenters. The van der Waals surface area contributed by atoms with Crippen LogP contribution in [0.15, 0.2) is 18.2 Å². The van der Waals surface area contributed by atoms with Crippen molar-refractivity contribution in [1.29, 1.82) is 0 Å². The zero-order valence-electron chi connectivity index (χ0n) is 14.2. The second-order valence-electron chi connectivity index (χ2n) is 6.44. The molecule has 1 atom stereocenters. The number of benzene rings is 1. The predicted molar refractivity (Wildman–Crippen MR) is 98.0 cm³/mol. The molecule has 0 bridgehead atoms. The van der Waals surface area contributed by atoms with Gasteiger partial charge < -0.3 is 10.6 Å². The third kappa shape index (κ3) is 5.06. The van der Waals surface area contributed by atoms with E-state index in [0.29, 0.717) is 49.7 Å². The lowest BCUT2D eigenvalue weighted by molar-refractivity contribution is -0.138. The largest absolute Gasteiger partial charge is 0.339 e. The van der Waals surface area contributed by atoms with E-state index in [4.69, 9.17) is 17.3 Å². The SMILES string of the molecule is CCCC(C)(N)C(=O)N1CCN(Cc2c(F)cccc2Cl)CC1.Cl. The van der Waals surface area contributed by atoms with Gasteiger partial charge in [0.2, 0.25) is 5.91 Å². The van der Waals surface area contributed by atoms with Crippen LogP contribution in [0.25, 0.3) is 0 Å². The average molecular weight is 378 g/mol. The van der Waals surface area contributed by atoms with E-state index in [-0.39, 0.29) is 24.1 Å². The fraction of sp³-hybridized carbons (Fsp3) is 0.588. The second kappa shape index (κ2) is 8.99. The van der Waals surface area contributed by atoms with E-state index in [1.54, 1.807) is 19.1 Å². The van der Waals surface area contributed by atoms with Gasteiger partial charge in [0.05, 0.1) is 5.54 Å². The number of carbonyl (C=O) groups excluding carboxylic acids is 1. The van der Waals surface area contributed by atoms with Crippen molar-refractivity contribution in [2.75, 3.05) is 26.2 Å². The smallest absolute Gasteiger partial charge is 0.242 e.